The molecule has 1 amide bonds. The number of halogens is 6. The second-order valence-corrected chi connectivity index (χ2v) is 7.15. The van der Waals surface area contributed by atoms with Crippen molar-refractivity contribution in [3.63, 3.8) is 0 Å². The van der Waals surface area contributed by atoms with Crippen LogP contribution in [0.15, 0.2) is 48.9 Å². The topological polar surface area (TPSA) is 96.2 Å². The Balaban J connectivity index is 1.49. The summed E-state index contributed by atoms with van der Waals surface area (Å²) < 4.78 is 79.3. The van der Waals surface area contributed by atoms with Crippen molar-refractivity contribution < 1.29 is 36.2 Å². The molecule has 4 rings (SSSR count). The van der Waals surface area contributed by atoms with Crippen LogP contribution in [-0.2, 0) is 18.9 Å². The number of alkyl halides is 6. The number of carbonyl (C=O) groups is 1. The molecule has 3 heterocycles. The molecule has 34 heavy (non-hydrogen) atoms. The lowest BCUT2D eigenvalue weighted by Gasteiger charge is -2.19. The van der Waals surface area contributed by atoms with Gasteiger partial charge in [-0.15, -0.1) is 5.10 Å². The number of pyridine rings is 1. The smallest absolute Gasteiger partial charge is 0.373 e. The Labute approximate surface area is 187 Å². The standard InChI is InChI=1S/C20H14F6N6O2/c21-19(22,23)12-6-11(7-13(8-12)20(24,25)26)17-28-10-31(30-17)5-3-16(33)29-32-9-15-14(18(32)34)2-1-4-27-15/h1-8,10,16,29,33H,9H2/b5-3-. The number of aliphatic hydroxyl groups excluding tert-OH is 1. The van der Waals surface area contributed by atoms with Crippen molar-refractivity contribution in [2.45, 2.75) is 25.1 Å². The molecule has 1 aliphatic rings. The van der Waals surface area contributed by atoms with Gasteiger partial charge in [-0.1, -0.05) is 0 Å². The molecule has 8 nitrogen and oxygen atoms in total. The van der Waals surface area contributed by atoms with Gasteiger partial charge in [0.15, 0.2) is 5.82 Å². The lowest BCUT2D eigenvalue weighted by molar-refractivity contribution is -0.143. The molecule has 2 aromatic heterocycles. The van der Waals surface area contributed by atoms with Crippen LogP contribution in [0.5, 0.6) is 0 Å². The number of hydrogen-bond acceptors (Lipinski definition) is 6. The normalized spacial score (nSPS) is 15.3. The highest BCUT2D eigenvalue weighted by Crippen LogP contribution is 2.38. The molecular weight excluding hydrogens is 470 g/mol. The number of amides is 1. The Hall–Kier alpha value is -3.78. The van der Waals surface area contributed by atoms with Gasteiger partial charge in [0.2, 0.25) is 0 Å². The van der Waals surface area contributed by atoms with E-state index in [0.717, 1.165) is 22.1 Å². The molecule has 14 heteroatoms. The van der Waals surface area contributed by atoms with Gasteiger partial charge in [-0.3, -0.25) is 14.8 Å². The monoisotopic (exact) mass is 484 g/mol. The predicted octanol–water partition coefficient (Wildman–Crippen LogP) is 3.33. The second kappa shape index (κ2) is 8.53. The van der Waals surface area contributed by atoms with Gasteiger partial charge in [0.25, 0.3) is 5.91 Å². The number of carbonyl (C=O) groups excluding carboxylic acids is 1. The van der Waals surface area contributed by atoms with Gasteiger partial charge in [0.1, 0.15) is 12.6 Å². The number of hydrogen-bond donors (Lipinski definition) is 2. The molecule has 0 fully saturated rings. The summed E-state index contributed by atoms with van der Waals surface area (Å²) in [4.78, 5) is 20.1. The first-order chi connectivity index (χ1) is 15.9. The van der Waals surface area contributed by atoms with E-state index in [4.69, 9.17) is 0 Å². The molecule has 0 aliphatic carbocycles. The Bertz CT molecular complexity index is 1220. The van der Waals surface area contributed by atoms with E-state index in [-0.39, 0.29) is 18.4 Å². The van der Waals surface area contributed by atoms with E-state index < -0.39 is 41.2 Å². The van der Waals surface area contributed by atoms with Crippen molar-refractivity contribution in [2.75, 3.05) is 0 Å². The quantitative estimate of drug-likeness (QED) is 0.426. The lowest BCUT2D eigenvalue weighted by atomic mass is 10.0. The zero-order valence-electron chi connectivity index (χ0n) is 16.8. The summed E-state index contributed by atoms with van der Waals surface area (Å²) in [7, 11) is 0. The SMILES string of the molecule is O=C1c2cccnc2CN1NC(O)/C=C\n1cnc(-c2cc(C(F)(F)F)cc(C(F)(F)F)c2)n1. The molecule has 0 saturated heterocycles. The van der Waals surface area contributed by atoms with E-state index in [1.165, 1.54) is 12.4 Å². The summed E-state index contributed by atoms with van der Waals surface area (Å²) in [5, 5.41) is 15.1. The maximum atomic E-state index is 13.1. The van der Waals surface area contributed by atoms with Crippen molar-refractivity contribution in [1.29, 1.82) is 0 Å². The molecule has 1 atom stereocenters. The maximum absolute atomic E-state index is 13.1. The second-order valence-electron chi connectivity index (χ2n) is 7.15. The third-order valence-corrected chi connectivity index (χ3v) is 4.74. The third kappa shape index (κ3) is 4.92. The molecule has 1 aromatic carbocycles. The van der Waals surface area contributed by atoms with Gasteiger partial charge in [0.05, 0.1) is 28.9 Å². The van der Waals surface area contributed by atoms with Gasteiger partial charge >= 0.3 is 12.4 Å². The number of hydrazine groups is 1. The van der Waals surface area contributed by atoms with Crippen molar-refractivity contribution >= 4 is 12.1 Å². The molecular formula is C20H14F6N6O2. The molecule has 1 unspecified atom stereocenters. The molecule has 2 N–H and O–H groups in total. The zero-order chi connectivity index (χ0) is 24.7. The average Bonchev–Trinajstić information content (AvgIpc) is 3.36. The van der Waals surface area contributed by atoms with Gasteiger partial charge < -0.3 is 5.11 Å². The number of rotatable bonds is 5. The van der Waals surface area contributed by atoms with Crippen molar-refractivity contribution in [3.05, 3.63) is 71.3 Å². The van der Waals surface area contributed by atoms with E-state index in [1.54, 1.807) is 12.1 Å². The Morgan fingerprint density at radius 2 is 1.74 bits per heavy atom. The largest absolute Gasteiger partial charge is 0.416 e. The van der Waals surface area contributed by atoms with Crippen LogP contribution in [0.2, 0.25) is 0 Å². The summed E-state index contributed by atoms with van der Waals surface area (Å²) in [5.74, 6) is -0.788. The number of fused-ring (bicyclic) bond motifs is 1. The van der Waals surface area contributed by atoms with Crippen LogP contribution in [0.25, 0.3) is 17.6 Å². The lowest BCUT2D eigenvalue weighted by Crippen LogP contribution is -2.44. The highest BCUT2D eigenvalue weighted by molar-refractivity contribution is 5.97. The van der Waals surface area contributed by atoms with Crippen molar-refractivity contribution in [1.82, 2.24) is 30.2 Å². The summed E-state index contributed by atoms with van der Waals surface area (Å²) in [6.45, 7) is 0.116. The van der Waals surface area contributed by atoms with E-state index in [1.807, 2.05) is 0 Å². The third-order valence-electron chi connectivity index (χ3n) is 4.74. The fourth-order valence-corrected chi connectivity index (χ4v) is 3.17. The van der Waals surface area contributed by atoms with Crippen LogP contribution >= 0.6 is 0 Å². The first-order valence-corrected chi connectivity index (χ1v) is 9.51. The van der Waals surface area contributed by atoms with Crippen LogP contribution in [0.4, 0.5) is 26.3 Å². The molecule has 0 radical (unpaired) electrons. The average molecular weight is 484 g/mol. The van der Waals surface area contributed by atoms with Gasteiger partial charge in [-0.05, 0) is 36.4 Å². The molecule has 1 aliphatic heterocycles. The number of benzene rings is 1. The van der Waals surface area contributed by atoms with Crippen LogP contribution in [0, 0.1) is 0 Å². The number of aromatic nitrogens is 4. The van der Waals surface area contributed by atoms with Gasteiger partial charge in [0, 0.05) is 18.0 Å². The summed E-state index contributed by atoms with van der Waals surface area (Å²) in [5.41, 5.74) is -0.0287. The predicted molar refractivity (Wildman–Crippen MR) is 104 cm³/mol. The minimum Gasteiger partial charge on any atom is -0.373 e. The van der Waals surface area contributed by atoms with Crippen LogP contribution in [0.3, 0.4) is 0 Å². The number of nitrogens with zero attached hydrogens (tertiary/aromatic N) is 5. The van der Waals surface area contributed by atoms with E-state index >= 15 is 0 Å². The van der Waals surface area contributed by atoms with Crippen molar-refractivity contribution in [2.24, 2.45) is 0 Å². The zero-order valence-corrected chi connectivity index (χ0v) is 16.8. The molecule has 0 spiro atoms. The fourth-order valence-electron chi connectivity index (χ4n) is 3.17. The van der Waals surface area contributed by atoms with Gasteiger partial charge in [-0.2, -0.15) is 31.8 Å². The van der Waals surface area contributed by atoms with Crippen molar-refractivity contribution in [3.8, 4) is 11.4 Å². The van der Waals surface area contributed by atoms with Crippen LogP contribution in [0.1, 0.15) is 27.2 Å². The summed E-state index contributed by atoms with van der Waals surface area (Å²) in [6.07, 6.45) is -6.51. The molecule has 178 valence electrons. The highest BCUT2D eigenvalue weighted by atomic mass is 19.4. The van der Waals surface area contributed by atoms with E-state index in [2.05, 4.69) is 20.5 Å². The first-order valence-electron chi connectivity index (χ1n) is 9.51. The Morgan fingerprint density at radius 3 is 2.35 bits per heavy atom. The van der Waals surface area contributed by atoms with E-state index in [9.17, 15) is 36.2 Å². The van der Waals surface area contributed by atoms with E-state index in [0.29, 0.717) is 23.4 Å². The Morgan fingerprint density at radius 1 is 1.06 bits per heavy atom. The minimum absolute atomic E-state index is 0.00980. The first kappa shape index (κ1) is 23.4. The van der Waals surface area contributed by atoms with Crippen LogP contribution < -0.4 is 5.43 Å². The van der Waals surface area contributed by atoms with Crippen LogP contribution in [-0.4, -0.2) is 42.0 Å². The molecule has 0 bridgehead atoms. The van der Waals surface area contributed by atoms with Gasteiger partial charge in [-0.25, -0.2) is 9.67 Å². The molecule has 0 saturated carbocycles. The minimum atomic E-state index is -5.00. The number of aliphatic hydroxyl groups is 1. The molecule has 3 aromatic rings. The highest BCUT2D eigenvalue weighted by Gasteiger charge is 2.37. The summed E-state index contributed by atoms with van der Waals surface area (Å²) >= 11 is 0. The Kier molecular flexibility index (Phi) is 5.87. The fraction of sp³-hybridized carbons (Fsp3) is 0.200. The summed E-state index contributed by atoms with van der Waals surface area (Å²) in [6, 6.07) is 4.22. The number of nitrogens with one attached hydrogen (secondary N) is 1. The maximum Gasteiger partial charge on any atom is 0.416 e.